The zero-order chi connectivity index (χ0) is 11.6. The van der Waals surface area contributed by atoms with Crippen molar-refractivity contribution in [3.8, 4) is 0 Å². The van der Waals surface area contributed by atoms with Gasteiger partial charge in [-0.2, -0.15) is 0 Å². The minimum Gasteiger partial charge on any atom is -0.330 e. The summed E-state index contributed by atoms with van der Waals surface area (Å²) in [6, 6.07) is 0. The van der Waals surface area contributed by atoms with Crippen molar-refractivity contribution in [1.82, 2.24) is 0 Å². The maximum absolute atomic E-state index is 5.50. The summed E-state index contributed by atoms with van der Waals surface area (Å²) in [7, 11) is 0. The predicted octanol–water partition coefficient (Wildman–Crippen LogP) is 3.05. The average molecular weight is 226 g/mol. The van der Waals surface area contributed by atoms with Gasteiger partial charge >= 0.3 is 0 Å². The lowest BCUT2D eigenvalue weighted by atomic mass is 9.90. The highest BCUT2D eigenvalue weighted by molar-refractivity contribution is 4.65. The molecule has 0 unspecified atom stereocenters. The van der Waals surface area contributed by atoms with Gasteiger partial charge in [-0.1, -0.05) is 38.5 Å². The quantitative estimate of drug-likeness (QED) is 0.760. The molecule has 0 heterocycles. The minimum absolute atomic E-state index is 0.865. The molecule has 2 aliphatic rings. The molecule has 0 saturated heterocycles. The zero-order valence-corrected chi connectivity index (χ0v) is 10.8. The molecule has 4 N–H and O–H groups in total. The highest BCUT2D eigenvalue weighted by atomic mass is 14.5. The number of hydrogen-bond acceptors (Lipinski definition) is 2. The molecule has 16 heavy (non-hydrogen) atoms. The maximum Gasteiger partial charge on any atom is -0.00489 e. The molecule has 2 heteroatoms. The Morgan fingerprint density at radius 2 is 0.875 bits per heavy atom. The van der Waals surface area contributed by atoms with E-state index in [1.54, 1.807) is 0 Å². The van der Waals surface area contributed by atoms with E-state index >= 15 is 0 Å². The van der Waals surface area contributed by atoms with Crippen molar-refractivity contribution in [2.75, 3.05) is 13.1 Å². The largest absolute Gasteiger partial charge is 0.330 e. The first-order valence-electron chi connectivity index (χ1n) is 7.27. The molecule has 0 spiro atoms. The normalized spacial score (nSPS) is 23.6. The molecule has 2 rings (SSSR count). The van der Waals surface area contributed by atoms with Crippen LogP contribution in [-0.2, 0) is 0 Å². The van der Waals surface area contributed by atoms with Gasteiger partial charge in [0.15, 0.2) is 0 Å². The average Bonchev–Trinajstić information content (AvgIpc) is 2.41. The Kier molecular flexibility index (Phi) is 7.87. The second kappa shape index (κ2) is 9.00. The first kappa shape index (κ1) is 14.0. The van der Waals surface area contributed by atoms with Crippen LogP contribution in [0.15, 0.2) is 0 Å². The van der Waals surface area contributed by atoms with Crippen LogP contribution in [0.25, 0.3) is 0 Å². The van der Waals surface area contributed by atoms with E-state index in [0.29, 0.717) is 0 Å². The van der Waals surface area contributed by atoms with Crippen molar-refractivity contribution in [3.05, 3.63) is 0 Å². The molecule has 0 bridgehead atoms. The van der Waals surface area contributed by atoms with Crippen LogP contribution in [0.5, 0.6) is 0 Å². The molecule has 0 radical (unpaired) electrons. The second-order valence-electron chi connectivity index (χ2n) is 5.48. The van der Waals surface area contributed by atoms with Gasteiger partial charge in [0.2, 0.25) is 0 Å². The fraction of sp³-hybridized carbons (Fsp3) is 1.00. The van der Waals surface area contributed by atoms with Crippen molar-refractivity contribution < 1.29 is 0 Å². The van der Waals surface area contributed by atoms with Gasteiger partial charge < -0.3 is 11.5 Å². The topological polar surface area (TPSA) is 52.0 Å². The summed E-state index contributed by atoms with van der Waals surface area (Å²) in [5, 5.41) is 0. The lowest BCUT2D eigenvalue weighted by Crippen LogP contribution is -2.16. The van der Waals surface area contributed by atoms with Crippen molar-refractivity contribution in [2.45, 2.75) is 64.2 Å². The van der Waals surface area contributed by atoms with E-state index in [0.717, 1.165) is 24.9 Å². The van der Waals surface area contributed by atoms with Gasteiger partial charge in [0, 0.05) is 0 Å². The minimum atomic E-state index is 0.865. The van der Waals surface area contributed by atoms with E-state index in [1.165, 1.54) is 64.2 Å². The molecule has 2 saturated carbocycles. The molecule has 2 fully saturated rings. The molecule has 0 aromatic carbocycles. The van der Waals surface area contributed by atoms with Gasteiger partial charge in [-0.05, 0) is 50.6 Å². The van der Waals surface area contributed by atoms with Crippen molar-refractivity contribution >= 4 is 0 Å². The molecule has 0 aliphatic heterocycles. The fourth-order valence-electron chi connectivity index (χ4n) is 2.85. The van der Waals surface area contributed by atoms with Crippen LogP contribution in [0.3, 0.4) is 0 Å². The van der Waals surface area contributed by atoms with E-state index in [1.807, 2.05) is 0 Å². The number of rotatable bonds is 2. The third kappa shape index (κ3) is 5.86. The third-order valence-corrected chi connectivity index (χ3v) is 4.12. The van der Waals surface area contributed by atoms with Crippen molar-refractivity contribution in [3.63, 3.8) is 0 Å². The molecule has 2 aliphatic carbocycles. The SMILES string of the molecule is NCC1CCCCC1.NCC1CCCCC1. The van der Waals surface area contributed by atoms with Gasteiger partial charge in [0.05, 0.1) is 0 Å². The molecule has 0 amide bonds. The Labute approximate surface area is 101 Å². The molecule has 0 aromatic rings. The van der Waals surface area contributed by atoms with Crippen LogP contribution < -0.4 is 11.5 Å². The summed E-state index contributed by atoms with van der Waals surface area (Å²) in [5.41, 5.74) is 11.0. The van der Waals surface area contributed by atoms with E-state index in [-0.39, 0.29) is 0 Å². The van der Waals surface area contributed by atoms with Crippen LogP contribution in [0, 0.1) is 11.8 Å². The van der Waals surface area contributed by atoms with Crippen LogP contribution in [0.2, 0.25) is 0 Å². The first-order valence-corrected chi connectivity index (χ1v) is 7.27. The molecular weight excluding hydrogens is 196 g/mol. The van der Waals surface area contributed by atoms with E-state index in [2.05, 4.69) is 0 Å². The monoisotopic (exact) mass is 226 g/mol. The highest BCUT2D eigenvalue weighted by Gasteiger charge is 2.10. The summed E-state index contributed by atoms with van der Waals surface area (Å²) >= 11 is 0. The Morgan fingerprint density at radius 1 is 0.562 bits per heavy atom. The van der Waals surface area contributed by atoms with E-state index in [4.69, 9.17) is 11.5 Å². The molecule has 2 nitrogen and oxygen atoms in total. The van der Waals surface area contributed by atoms with Crippen LogP contribution in [0.1, 0.15) is 64.2 Å². The molecule has 96 valence electrons. The maximum atomic E-state index is 5.50. The Hall–Kier alpha value is -0.0800. The summed E-state index contributed by atoms with van der Waals surface area (Å²) in [6.45, 7) is 1.83. The smallest absolute Gasteiger partial charge is 0.00489 e. The first-order chi connectivity index (χ1) is 7.86. The van der Waals surface area contributed by atoms with Gasteiger partial charge in [-0.3, -0.25) is 0 Å². The van der Waals surface area contributed by atoms with Crippen LogP contribution >= 0.6 is 0 Å². The standard InChI is InChI=1S/2C7H15N/c2*8-6-7-4-2-1-3-5-7/h2*7H,1-6,8H2. The van der Waals surface area contributed by atoms with E-state index < -0.39 is 0 Å². The van der Waals surface area contributed by atoms with Gasteiger partial charge in [0.1, 0.15) is 0 Å². The van der Waals surface area contributed by atoms with Crippen molar-refractivity contribution in [1.29, 1.82) is 0 Å². The number of nitrogens with two attached hydrogens (primary N) is 2. The summed E-state index contributed by atoms with van der Waals surface area (Å²) < 4.78 is 0. The summed E-state index contributed by atoms with van der Waals surface area (Å²) in [4.78, 5) is 0. The van der Waals surface area contributed by atoms with Crippen LogP contribution in [0.4, 0.5) is 0 Å². The molecule has 0 aromatic heterocycles. The molecular formula is C14H30N2. The van der Waals surface area contributed by atoms with E-state index in [9.17, 15) is 0 Å². The van der Waals surface area contributed by atoms with Gasteiger partial charge in [-0.25, -0.2) is 0 Å². The Bertz CT molecular complexity index is 129. The molecule has 0 atom stereocenters. The van der Waals surface area contributed by atoms with Gasteiger partial charge in [-0.15, -0.1) is 0 Å². The zero-order valence-electron chi connectivity index (χ0n) is 10.8. The Balaban J connectivity index is 0.000000160. The summed E-state index contributed by atoms with van der Waals surface area (Å²) in [6.07, 6.45) is 14.1. The Morgan fingerprint density at radius 3 is 1.06 bits per heavy atom. The summed E-state index contributed by atoms with van der Waals surface area (Å²) in [5.74, 6) is 1.73. The fourth-order valence-corrected chi connectivity index (χ4v) is 2.85. The number of hydrogen-bond donors (Lipinski definition) is 2. The lowest BCUT2D eigenvalue weighted by Gasteiger charge is -2.18. The predicted molar refractivity (Wildman–Crippen MR) is 71.3 cm³/mol. The second-order valence-corrected chi connectivity index (χ2v) is 5.48. The highest BCUT2D eigenvalue weighted by Crippen LogP contribution is 2.22. The van der Waals surface area contributed by atoms with Crippen molar-refractivity contribution in [2.24, 2.45) is 23.3 Å². The third-order valence-electron chi connectivity index (χ3n) is 4.12. The van der Waals surface area contributed by atoms with Crippen LogP contribution in [-0.4, -0.2) is 13.1 Å². The lowest BCUT2D eigenvalue weighted by molar-refractivity contribution is 0.366. The van der Waals surface area contributed by atoms with Gasteiger partial charge in [0.25, 0.3) is 0 Å².